The lowest BCUT2D eigenvalue weighted by Crippen LogP contribution is -2.47. The molecule has 1 heterocycles. The minimum absolute atomic E-state index is 0.0828. The molecule has 0 aliphatic carbocycles. The molecule has 108 valence electrons. The van der Waals surface area contributed by atoms with Gasteiger partial charge < -0.3 is 15.0 Å². The Labute approximate surface area is 116 Å². The van der Waals surface area contributed by atoms with Crippen LogP contribution in [0.25, 0.3) is 0 Å². The summed E-state index contributed by atoms with van der Waals surface area (Å²) in [5.74, 6) is -0.0132. The van der Waals surface area contributed by atoms with Gasteiger partial charge in [-0.2, -0.15) is 0 Å². The van der Waals surface area contributed by atoms with Crippen molar-refractivity contribution >= 4 is 11.6 Å². The van der Waals surface area contributed by atoms with Gasteiger partial charge in [-0.1, -0.05) is 12.1 Å². The highest BCUT2D eigenvalue weighted by atomic mass is 16.6. The number of piperazine rings is 1. The van der Waals surface area contributed by atoms with Crippen molar-refractivity contribution < 1.29 is 14.5 Å². The van der Waals surface area contributed by atoms with Gasteiger partial charge in [-0.25, -0.2) is 0 Å². The number of hydrogen-bond donors (Lipinski definition) is 1. The summed E-state index contributed by atoms with van der Waals surface area (Å²) in [6, 6.07) is 4.83. The fourth-order valence-corrected chi connectivity index (χ4v) is 2.13. The highest BCUT2D eigenvalue weighted by Gasteiger charge is 2.21. The molecule has 1 aliphatic rings. The molecule has 0 spiro atoms. The normalized spacial score (nSPS) is 14.9. The molecule has 7 heteroatoms. The Balaban J connectivity index is 2.02. The molecule has 20 heavy (non-hydrogen) atoms. The summed E-state index contributed by atoms with van der Waals surface area (Å²) in [6.45, 7) is 4.26. The smallest absolute Gasteiger partial charge is 0.313 e. The number of nitrogens with zero attached hydrogens (tertiary/aromatic N) is 2. The van der Waals surface area contributed by atoms with Gasteiger partial charge in [-0.3, -0.25) is 14.9 Å². The summed E-state index contributed by atoms with van der Waals surface area (Å²) in [6.07, 6.45) is 0. The predicted molar refractivity (Wildman–Crippen MR) is 72.8 cm³/mol. The van der Waals surface area contributed by atoms with Gasteiger partial charge in [-0.15, -0.1) is 0 Å². The van der Waals surface area contributed by atoms with Gasteiger partial charge in [0.1, 0.15) is 0 Å². The fraction of sp³-hybridized carbons (Fsp3) is 0.462. The van der Waals surface area contributed by atoms with Crippen LogP contribution >= 0.6 is 0 Å². The molecule has 1 fully saturated rings. The molecule has 1 N–H and O–H groups in total. The van der Waals surface area contributed by atoms with E-state index in [1.54, 1.807) is 24.0 Å². The van der Waals surface area contributed by atoms with E-state index >= 15 is 0 Å². The Kier molecular flexibility index (Phi) is 4.52. The van der Waals surface area contributed by atoms with Crippen molar-refractivity contribution in [2.75, 3.05) is 32.8 Å². The monoisotopic (exact) mass is 279 g/mol. The lowest BCUT2D eigenvalue weighted by molar-refractivity contribution is -0.386. The molecule has 0 aromatic heterocycles. The number of benzene rings is 1. The van der Waals surface area contributed by atoms with Crippen LogP contribution in [0, 0.1) is 17.0 Å². The largest absolute Gasteiger partial charge is 0.477 e. The van der Waals surface area contributed by atoms with Gasteiger partial charge in [0.15, 0.2) is 12.4 Å². The van der Waals surface area contributed by atoms with E-state index in [0.717, 1.165) is 13.1 Å². The van der Waals surface area contributed by atoms with Crippen molar-refractivity contribution in [2.45, 2.75) is 6.92 Å². The molecular weight excluding hydrogens is 262 g/mol. The van der Waals surface area contributed by atoms with Gasteiger partial charge in [-0.05, 0) is 13.0 Å². The number of aryl methyl sites for hydroxylation is 1. The van der Waals surface area contributed by atoms with Crippen molar-refractivity contribution in [3.05, 3.63) is 33.9 Å². The quantitative estimate of drug-likeness (QED) is 0.648. The summed E-state index contributed by atoms with van der Waals surface area (Å²) in [5.41, 5.74) is 0.433. The number of ether oxygens (including phenoxy) is 1. The SMILES string of the molecule is Cc1cccc(OCC(=O)N2CCNCC2)c1[N+](=O)[O-]. The number of para-hydroxylation sites is 1. The van der Waals surface area contributed by atoms with Gasteiger partial charge in [0.25, 0.3) is 5.91 Å². The molecule has 0 bridgehead atoms. The number of amides is 1. The zero-order valence-corrected chi connectivity index (χ0v) is 11.3. The number of carbonyl (C=O) groups is 1. The van der Waals surface area contributed by atoms with Crippen LogP contribution in [-0.2, 0) is 4.79 Å². The highest BCUT2D eigenvalue weighted by Crippen LogP contribution is 2.30. The van der Waals surface area contributed by atoms with E-state index in [9.17, 15) is 14.9 Å². The van der Waals surface area contributed by atoms with E-state index in [1.165, 1.54) is 6.07 Å². The summed E-state index contributed by atoms with van der Waals surface area (Å²) in [7, 11) is 0. The van der Waals surface area contributed by atoms with Crippen LogP contribution in [-0.4, -0.2) is 48.5 Å². The second-order valence-electron chi connectivity index (χ2n) is 4.60. The maximum Gasteiger partial charge on any atom is 0.313 e. The molecule has 7 nitrogen and oxygen atoms in total. The van der Waals surface area contributed by atoms with Crippen LogP contribution in [0.4, 0.5) is 5.69 Å². The molecule has 1 amide bonds. The molecule has 0 radical (unpaired) electrons. The second kappa shape index (κ2) is 6.33. The summed E-state index contributed by atoms with van der Waals surface area (Å²) in [4.78, 5) is 24.2. The number of rotatable bonds is 4. The molecule has 1 aliphatic heterocycles. The van der Waals surface area contributed by atoms with Crippen LogP contribution in [0.3, 0.4) is 0 Å². The van der Waals surface area contributed by atoms with Crippen molar-refractivity contribution in [1.82, 2.24) is 10.2 Å². The average Bonchev–Trinajstić information content (AvgIpc) is 2.45. The third kappa shape index (κ3) is 3.24. The summed E-state index contributed by atoms with van der Waals surface area (Å²) < 4.78 is 5.34. The molecule has 0 saturated carbocycles. The van der Waals surface area contributed by atoms with Crippen LogP contribution in [0.15, 0.2) is 18.2 Å². The Hall–Kier alpha value is -2.15. The Bertz CT molecular complexity index is 512. The lowest BCUT2D eigenvalue weighted by Gasteiger charge is -2.27. The lowest BCUT2D eigenvalue weighted by atomic mass is 10.2. The summed E-state index contributed by atoms with van der Waals surface area (Å²) in [5, 5.41) is 14.2. The minimum Gasteiger partial charge on any atom is -0.477 e. The molecular formula is C13H17N3O4. The van der Waals surface area contributed by atoms with E-state index in [4.69, 9.17) is 4.74 Å². The molecule has 0 unspecified atom stereocenters. The zero-order chi connectivity index (χ0) is 14.5. The van der Waals surface area contributed by atoms with Crippen LogP contribution in [0.5, 0.6) is 5.75 Å². The number of nitro groups is 1. The first-order valence-corrected chi connectivity index (χ1v) is 6.45. The van der Waals surface area contributed by atoms with E-state index < -0.39 is 4.92 Å². The maximum absolute atomic E-state index is 11.9. The van der Waals surface area contributed by atoms with Crippen molar-refractivity contribution in [2.24, 2.45) is 0 Å². The minimum atomic E-state index is -0.486. The zero-order valence-electron chi connectivity index (χ0n) is 11.3. The van der Waals surface area contributed by atoms with Crippen LogP contribution in [0.1, 0.15) is 5.56 Å². The first-order valence-electron chi connectivity index (χ1n) is 6.45. The molecule has 1 aromatic rings. The third-order valence-electron chi connectivity index (χ3n) is 3.20. The van der Waals surface area contributed by atoms with E-state index in [0.29, 0.717) is 18.7 Å². The average molecular weight is 279 g/mol. The van der Waals surface area contributed by atoms with Crippen molar-refractivity contribution in [3.8, 4) is 5.75 Å². The van der Waals surface area contributed by atoms with Crippen LogP contribution < -0.4 is 10.1 Å². The van der Waals surface area contributed by atoms with Crippen LogP contribution in [0.2, 0.25) is 0 Å². The Morgan fingerprint density at radius 2 is 2.15 bits per heavy atom. The molecule has 2 rings (SSSR count). The molecule has 1 aromatic carbocycles. The number of carbonyl (C=O) groups excluding carboxylic acids is 1. The number of hydrogen-bond acceptors (Lipinski definition) is 5. The first-order chi connectivity index (χ1) is 9.59. The van der Waals surface area contributed by atoms with Gasteiger partial charge >= 0.3 is 5.69 Å². The van der Waals surface area contributed by atoms with Crippen molar-refractivity contribution in [1.29, 1.82) is 0 Å². The second-order valence-corrected chi connectivity index (χ2v) is 4.60. The standard InChI is InChI=1S/C13H17N3O4/c1-10-3-2-4-11(13(10)16(18)19)20-9-12(17)15-7-5-14-6-8-15/h2-4,14H,5-9H2,1H3. The predicted octanol–water partition coefficient (Wildman–Crippen LogP) is 0.714. The number of nitro benzene ring substituents is 1. The topological polar surface area (TPSA) is 84.7 Å². The highest BCUT2D eigenvalue weighted by molar-refractivity contribution is 5.78. The Morgan fingerprint density at radius 1 is 1.45 bits per heavy atom. The fourth-order valence-electron chi connectivity index (χ4n) is 2.13. The van der Waals surface area contributed by atoms with E-state index in [-0.39, 0.29) is 24.0 Å². The van der Waals surface area contributed by atoms with Crippen molar-refractivity contribution in [3.63, 3.8) is 0 Å². The van der Waals surface area contributed by atoms with Gasteiger partial charge in [0.05, 0.1) is 4.92 Å². The Morgan fingerprint density at radius 3 is 2.80 bits per heavy atom. The molecule has 0 atom stereocenters. The number of nitrogens with one attached hydrogen (secondary N) is 1. The third-order valence-corrected chi connectivity index (χ3v) is 3.20. The maximum atomic E-state index is 11.9. The molecule has 1 saturated heterocycles. The van der Waals surface area contributed by atoms with E-state index in [1.807, 2.05) is 0 Å². The summed E-state index contributed by atoms with van der Waals surface area (Å²) >= 11 is 0. The first kappa shape index (κ1) is 14.3. The van der Waals surface area contributed by atoms with Gasteiger partial charge in [0, 0.05) is 31.7 Å². The van der Waals surface area contributed by atoms with Gasteiger partial charge in [0.2, 0.25) is 0 Å². The van der Waals surface area contributed by atoms with E-state index in [2.05, 4.69) is 5.32 Å².